The first-order chi connectivity index (χ1) is 9.15. The number of carbonyl (C=O) groups excluding carboxylic acids is 1. The highest BCUT2D eigenvalue weighted by molar-refractivity contribution is 5.99. The van der Waals surface area contributed by atoms with Crippen LogP contribution in [0.2, 0.25) is 0 Å². The van der Waals surface area contributed by atoms with Crippen molar-refractivity contribution in [1.82, 2.24) is 4.90 Å². The maximum atomic E-state index is 12.5. The Labute approximate surface area is 114 Å². The summed E-state index contributed by atoms with van der Waals surface area (Å²) in [7, 11) is 3.59. The van der Waals surface area contributed by atoms with Crippen molar-refractivity contribution in [2.45, 2.75) is 25.9 Å². The van der Waals surface area contributed by atoms with E-state index in [1.54, 1.807) is 7.11 Å². The topological polar surface area (TPSA) is 41.6 Å². The van der Waals surface area contributed by atoms with E-state index >= 15 is 0 Å². The van der Waals surface area contributed by atoms with Gasteiger partial charge in [-0.3, -0.25) is 4.79 Å². The fourth-order valence-electron chi connectivity index (χ4n) is 2.52. The lowest BCUT2D eigenvalue weighted by Crippen LogP contribution is -2.40. The number of benzene rings is 1. The number of rotatable bonds is 3. The Morgan fingerprint density at radius 3 is 2.63 bits per heavy atom. The van der Waals surface area contributed by atoms with E-state index in [2.05, 4.69) is 5.32 Å². The highest BCUT2D eigenvalue weighted by atomic mass is 16.5. The average Bonchev–Trinajstić information content (AvgIpc) is 2.46. The Morgan fingerprint density at radius 2 is 2.05 bits per heavy atom. The van der Waals surface area contributed by atoms with Crippen LogP contribution in [0.5, 0.6) is 0 Å². The highest BCUT2D eigenvalue weighted by Gasteiger charge is 2.24. The number of aryl methyl sites for hydroxylation is 1. The third-order valence-electron chi connectivity index (χ3n) is 3.74. The number of ether oxygens (including phenoxy) is 1. The summed E-state index contributed by atoms with van der Waals surface area (Å²) in [5, 5.41) is 3.10. The average molecular weight is 262 g/mol. The van der Waals surface area contributed by atoms with Gasteiger partial charge in [0.15, 0.2) is 0 Å². The van der Waals surface area contributed by atoms with Gasteiger partial charge in [0.05, 0.1) is 11.7 Å². The molecule has 1 heterocycles. The first kappa shape index (κ1) is 13.9. The Morgan fingerprint density at radius 1 is 1.37 bits per heavy atom. The minimum atomic E-state index is 0.110. The molecule has 19 heavy (non-hydrogen) atoms. The van der Waals surface area contributed by atoms with Crippen LogP contribution in [0.25, 0.3) is 0 Å². The molecule has 1 aliphatic rings. The molecule has 1 aliphatic heterocycles. The molecule has 0 aliphatic carbocycles. The zero-order chi connectivity index (χ0) is 13.8. The summed E-state index contributed by atoms with van der Waals surface area (Å²) < 4.78 is 5.34. The van der Waals surface area contributed by atoms with Gasteiger partial charge in [-0.25, -0.2) is 0 Å². The third-order valence-corrected chi connectivity index (χ3v) is 3.74. The predicted octanol–water partition coefficient (Wildman–Crippen LogP) is 2.29. The van der Waals surface area contributed by atoms with Crippen LogP contribution >= 0.6 is 0 Å². The second kappa shape index (κ2) is 6.06. The number of likely N-dealkylation sites (tertiary alicyclic amines) is 1. The lowest BCUT2D eigenvalue weighted by atomic mass is 10.0. The van der Waals surface area contributed by atoms with Gasteiger partial charge < -0.3 is 15.0 Å². The maximum Gasteiger partial charge on any atom is 0.255 e. The zero-order valence-electron chi connectivity index (χ0n) is 11.9. The molecule has 1 aromatic rings. The minimum Gasteiger partial charge on any atom is -0.387 e. The summed E-state index contributed by atoms with van der Waals surface area (Å²) >= 11 is 0. The Hall–Kier alpha value is -1.55. The van der Waals surface area contributed by atoms with Crippen LogP contribution in [0.1, 0.15) is 28.8 Å². The van der Waals surface area contributed by atoms with E-state index in [0.29, 0.717) is 6.10 Å². The van der Waals surface area contributed by atoms with E-state index in [-0.39, 0.29) is 5.91 Å². The minimum absolute atomic E-state index is 0.110. The van der Waals surface area contributed by atoms with Crippen LogP contribution in [-0.2, 0) is 4.74 Å². The number of hydrogen-bond donors (Lipinski definition) is 1. The highest BCUT2D eigenvalue weighted by Crippen LogP contribution is 2.21. The van der Waals surface area contributed by atoms with E-state index in [0.717, 1.165) is 42.7 Å². The molecule has 1 fully saturated rings. The molecule has 1 saturated heterocycles. The van der Waals surface area contributed by atoms with Crippen molar-refractivity contribution in [3.05, 3.63) is 29.3 Å². The summed E-state index contributed by atoms with van der Waals surface area (Å²) in [5.41, 5.74) is 2.81. The standard InChI is InChI=1S/C15H22N2O2/c1-11-4-5-13(14(10-11)16-2)15(18)17-8-6-12(19-3)7-9-17/h4-5,10,12,16H,6-9H2,1-3H3. The molecular formula is C15H22N2O2. The largest absolute Gasteiger partial charge is 0.387 e. The number of carbonyl (C=O) groups is 1. The summed E-state index contributed by atoms with van der Waals surface area (Å²) in [6.45, 7) is 3.57. The Bertz CT molecular complexity index is 451. The van der Waals surface area contributed by atoms with Gasteiger partial charge >= 0.3 is 0 Å². The molecule has 1 N–H and O–H groups in total. The summed E-state index contributed by atoms with van der Waals surface area (Å²) in [6, 6.07) is 5.90. The molecule has 1 aromatic carbocycles. The van der Waals surface area contributed by atoms with Gasteiger partial charge in [0.25, 0.3) is 5.91 Å². The van der Waals surface area contributed by atoms with Gasteiger partial charge in [-0.2, -0.15) is 0 Å². The van der Waals surface area contributed by atoms with Crippen molar-refractivity contribution < 1.29 is 9.53 Å². The van der Waals surface area contributed by atoms with E-state index in [4.69, 9.17) is 4.74 Å². The molecular weight excluding hydrogens is 240 g/mol. The van der Waals surface area contributed by atoms with Crippen molar-refractivity contribution in [3.8, 4) is 0 Å². The summed E-state index contributed by atoms with van der Waals surface area (Å²) in [5.74, 6) is 0.110. The van der Waals surface area contributed by atoms with E-state index in [9.17, 15) is 4.79 Å². The van der Waals surface area contributed by atoms with Gasteiger partial charge in [0, 0.05) is 32.9 Å². The van der Waals surface area contributed by atoms with Crippen molar-refractivity contribution >= 4 is 11.6 Å². The molecule has 0 radical (unpaired) electrons. The number of piperidine rings is 1. The van der Waals surface area contributed by atoms with E-state index in [1.807, 2.05) is 37.1 Å². The van der Waals surface area contributed by atoms with Crippen molar-refractivity contribution in [1.29, 1.82) is 0 Å². The van der Waals surface area contributed by atoms with Crippen molar-refractivity contribution in [2.75, 3.05) is 32.6 Å². The van der Waals surface area contributed by atoms with Crippen LogP contribution in [0.3, 0.4) is 0 Å². The molecule has 0 spiro atoms. The molecule has 0 unspecified atom stereocenters. The number of hydrogen-bond acceptors (Lipinski definition) is 3. The maximum absolute atomic E-state index is 12.5. The number of methoxy groups -OCH3 is 1. The van der Waals surface area contributed by atoms with Crippen LogP contribution in [0.15, 0.2) is 18.2 Å². The fraction of sp³-hybridized carbons (Fsp3) is 0.533. The molecule has 104 valence electrons. The second-order valence-corrected chi connectivity index (χ2v) is 5.03. The molecule has 1 amide bonds. The first-order valence-corrected chi connectivity index (χ1v) is 6.76. The van der Waals surface area contributed by atoms with Gasteiger partial charge in [0.2, 0.25) is 0 Å². The molecule has 0 atom stereocenters. The van der Waals surface area contributed by atoms with E-state index < -0.39 is 0 Å². The Balaban J connectivity index is 2.12. The van der Waals surface area contributed by atoms with Gasteiger partial charge in [-0.15, -0.1) is 0 Å². The molecule has 4 nitrogen and oxygen atoms in total. The number of nitrogens with one attached hydrogen (secondary N) is 1. The summed E-state index contributed by atoms with van der Waals surface area (Å²) in [4.78, 5) is 14.4. The van der Waals surface area contributed by atoms with Crippen LogP contribution in [-0.4, -0.2) is 44.2 Å². The molecule has 0 saturated carbocycles. The second-order valence-electron chi connectivity index (χ2n) is 5.03. The number of anilines is 1. The Kier molecular flexibility index (Phi) is 4.43. The summed E-state index contributed by atoms with van der Waals surface area (Å²) in [6.07, 6.45) is 2.14. The number of amides is 1. The van der Waals surface area contributed by atoms with Gasteiger partial charge in [-0.1, -0.05) is 6.07 Å². The van der Waals surface area contributed by atoms with Crippen molar-refractivity contribution in [3.63, 3.8) is 0 Å². The lowest BCUT2D eigenvalue weighted by molar-refractivity contribution is 0.0351. The van der Waals surface area contributed by atoms with Crippen LogP contribution in [0.4, 0.5) is 5.69 Å². The fourth-order valence-corrected chi connectivity index (χ4v) is 2.52. The zero-order valence-corrected chi connectivity index (χ0v) is 11.9. The normalized spacial score (nSPS) is 16.5. The third kappa shape index (κ3) is 3.07. The smallest absolute Gasteiger partial charge is 0.255 e. The lowest BCUT2D eigenvalue weighted by Gasteiger charge is -2.31. The van der Waals surface area contributed by atoms with Crippen LogP contribution in [0, 0.1) is 6.92 Å². The SMILES string of the molecule is CNc1cc(C)ccc1C(=O)N1CCC(OC)CC1. The first-order valence-electron chi connectivity index (χ1n) is 6.76. The molecule has 0 bridgehead atoms. The predicted molar refractivity (Wildman–Crippen MR) is 76.7 cm³/mol. The molecule has 4 heteroatoms. The molecule has 0 aromatic heterocycles. The van der Waals surface area contributed by atoms with E-state index in [1.165, 1.54) is 0 Å². The van der Waals surface area contributed by atoms with Gasteiger partial charge in [0.1, 0.15) is 0 Å². The van der Waals surface area contributed by atoms with Crippen molar-refractivity contribution in [2.24, 2.45) is 0 Å². The quantitative estimate of drug-likeness (QED) is 0.908. The van der Waals surface area contributed by atoms with Crippen LogP contribution < -0.4 is 5.32 Å². The number of nitrogens with zero attached hydrogens (tertiary/aromatic N) is 1. The van der Waals surface area contributed by atoms with Gasteiger partial charge in [-0.05, 0) is 37.5 Å². The molecule has 2 rings (SSSR count). The monoisotopic (exact) mass is 262 g/mol.